The quantitative estimate of drug-likeness (QED) is 0.371. The van der Waals surface area contributed by atoms with Gasteiger partial charge >= 0.3 is 5.97 Å². The molecule has 0 aromatic heterocycles. The van der Waals surface area contributed by atoms with Crippen LogP contribution in [0, 0.1) is 5.41 Å². The predicted molar refractivity (Wildman–Crippen MR) is 81.3 cm³/mol. The Morgan fingerprint density at radius 3 is 2.25 bits per heavy atom. The van der Waals surface area contributed by atoms with Crippen LogP contribution < -0.4 is 0 Å². The lowest BCUT2D eigenvalue weighted by Gasteiger charge is -2.21. The first-order valence-electron chi connectivity index (χ1n) is 7.41. The van der Waals surface area contributed by atoms with Crippen LogP contribution in [0.25, 0.3) is 0 Å². The van der Waals surface area contributed by atoms with E-state index in [1.165, 1.54) is 6.08 Å². The summed E-state index contributed by atoms with van der Waals surface area (Å²) in [5.74, 6) is -0.201. The van der Waals surface area contributed by atoms with Crippen molar-refractivity contribution in [3.8, 4) is 0 Å². The second kappa shape index (κ2) is 9.56. The van der Waals surface area contributed by atoms with Gasteiger partial charge in [0.25, 0.3) is 0 Å². The molecule has 0 aliphatic rings. The monoisotopic (exact) mass is 283 g/mol. The number of rotatable bonds is 9. The minimum absolute atomic E-state index is 0.0230. The molecule has 0 radical (unpaired) electrons. The van der Waals surface area contributed by atoms with Gasteiger partial charge in [0.15, 0.2) is 0 Å². The highest BCUT2D eigenvalue weighted by Gasteiger charge is 2.22. The van der Waals surface area contributed by atoms with E-state index >= 15 is 0 Å². The largest absolute Gasteiger partial charge is 0.465 e. The van der Waals surface area contributed by atoms with Crippen molar-refractivity contribution >= 4 is 11.9 Å². The number of hydrogen-bond donors (Lipinski definition) is 0. The SMILES string of the molecule is C=CC(=O)N(CCCC)CCCCOC(=O)C(C)(C)C. The molecule has 0 fully saturated rings. The second-order valence-electron chi connectivity index (χ2n) is 5.98. The number of esters is 1. The van der Waals surface area contributed by atoms with Crippen LogP contribution in [0.2, 0.25) is 0 Å². The third kappa shape index (κ3) is 7.97. The first-order valence-corrected chi connectivity index (χ1v) is 7.41. The maximum Gasteiger partial charge on any atom is 0.311 e. The Morgan fingerprint density at radius 2 is 1.75 bits per heavy atom. The Bertz CT molecular complexity index is 318. The Hall–Kier alpha value is -1.32. The van der Waals surface area contributed by atoms with Gasteiger partial charge in [-0.1, -0.05) is 19.9 Å². The van der Waals surface area contributed by atoms with E-state index in [-0.39, 0.29) is 11.9 Å². The van der Waals surface area contributed by atoms with Crippen molar-refractivity contribution in [3.63, 3.8) is 0 Å². The van der Waals surface area contributed by atoms with Gasteiger partial charge in [0.1, 0.15) is 0 Å². The smallest absolute Gasteiger partial charge is 0.311 e. The fourth-order valence-corrected chi connectivity index (χ4v) is 1.60. The van der Waals surface area contributed by atoms with E-state index in [9.17, 15) is 9.59 Å². The minimum Gasteiger partial charge on any atom is -0.465 e. The summed E-state index contributed by atoms with van der Waals surface area (Å²) in [7, 11) is 0. The van der Waals surface area contributed by atoms with Gasteiger partial charge in [0.05, 0.1) is 12.0 Å². The molecule has 0 atom stereocenters. The molecule has 0 aliphatic heterocycles. The lowest BCUT2D eigenvalue weighted by Crippen LogP contribution is -2.31. The zero-order chi connectivity index (χ0) is 15.6. The average molecular weight is 283 g/mol. The molecule has 0 aliphatic carbocycles. The molecule has 0 aromatic rings. The van der Waals surface area contributed by atoms with Crippen molar-refractivity contribution in [1.82, 2.24) is 4.90 Å². The van der Waals surface area contributed by atoms with Gasteiger partial charge in [-0.15, -0.1) is 0 Å². The van der Waals surface area contributed by atoms with Crippen molar-refractivity contribution in [1.29, 1.82) is 0 Å². The number of ether oxygens (including phenoxy) is 1. The van der Waals surface area contributed by atoms with Gasteiger partial charge in [-0.05, 0) is 46.1 Å². The number of unbranched alkanes of at least 4 members (excludes halogenated alkanes) is 2. The fourth-order valence-electron chi connectivity index (χ4n) is 1.60. The molecule has 0 heterocycles. The minimum atomic E-state index is -0.452. The van der Waals surface area contributed by atoms with Crippen LogP contribution in [0.1, 0.15) is 53.4 Å². The van der Waals surface area contributed by atoms with Gasteiger partial charge in [-0.25, -0.2) is 0 Å². The summed E-state index contributed by atoms with van der Waals surface area (Å²) in [4.78, 5) is 25.0. The van der Waals surface area contributed by atoms with Crippen molar-refractivity contribution in [2.45, 2.75) is 53.4 Å². The molecule has 0 rings (SSSR count). The summed E-state index contributed by atoms with van der Waals surface area (Å²) < 4.78 is 5.19. The van der Waals surface area contributed by atoms with E-state index in [2.05, 4.69) is 13.5 Å². The standard InChI is InChI=1S/C16H29NO3/c1-6-8-11-17(14(18)7-2)12-9-10-13-20-15(19)16(3,4)5/h7H,2,6,8-13H2,1,3-5H3. The van der Waals surface area contributed by atoms with Crippen molar-refractivity contribution in [3.05, 3.63) is 12.7 Å². The molecule has 4 nitrogen and oxygen atoms in total. The van der Waals surface area contributed by atoms with E-state index in [1.807, 2.05) is 25.7 Å². The summed E-state index contributed by atoms with van der Waals surface area (Å²) in [5.41, 5.74) is -0.452. The predicted octanol–water partition coefficient (Wildman–Crippen LogP) is 3.17. The maximum atomic E-state index is 11.6. The summed E-state index contributed by atoms with van der Waals surface area (Å²) in [5, 5.41) is 0. The van der Waals surface area contributed by atoms with Gasteiger partial charge in [-0.2, -0.15) is 0 Å². The van der Waals surface area contributed by atoms with Crippen LogP contribution in [-0.2, 0) is 14.3 Å². The van der Waals surface area contributed by atoms with Crippen LogP contribution >= 0.6 is 0 Å². The van der Waals surface area contributed by atoms with E-state index in [0.29, 0.717) is 13.2 Å². The highest BCUT2D eigenvalue weighted by Crippen LogP contribution is 2.15. The van der Waals surface area contributed by atoms with Gasteiger partial charge in [0, 0.05) is 13.1 Å². The van der Waals surface area contributed by atoms with Crippen LogP contribution in [-0.4, -0.2) is 36.5 Å². The molecule has 116 valence electrons. The molecule has 20 heavy (non-hydrogen) atoms. The van der Waals surface area contributed by atoms with Gasteiger partial charge < -0.3 is 9.64 Å². The Labute approximate surface area is 123 Å². The fraction of sp³-hybridized carbons (Fsp3) is 0.750. The highest BCUT2D eigenvalue weighted by atomic mass is 16.5. The van der Waals surface area contributed by atoms with Crippen molar-refractivity contribution in [2.24, 2.45) is 5.41 Å². The first-order chi connectivity index (χ1) is 9.32. The molecule has 1 amide bonds. The summed E-state index contributed by atoms with van der Waals surface area (Å²) in [6.07, 6.45) is 5.02. The maximum absolute atomic E-state index is 11.6. The van der Waals surface area contributed by atoms with Gasteiger partial charge in [0.2, 0.25) is 5.91 Å². The molecule has 4 heteroatoms. The molecule has 0 aromatic carbocycles. The molecular formula is C16H29NO3. The van der Waals surface area contributed by atoms with Crippen LogP contribution in [0.3, 0.4) is 0 Å². The summed E-state index contributed by atoms with van der Waals surface area (Å²) in [6.45, 7) is 13.0. The molecule has 0 saturated carbocycles. The third-order valence-electron chi connectivity index (χ3n) is 2.94. The highest BCUT2D eigenvalue weighted by molar-refractivity contribution is 5.86. The number of nitrogens with zero attached hydrogens (tertiary/aromatic N) is 1. The van der Waals surface area contributed by atoms with E-state index < -0.39 is 5.41 Å². The number of carbonyl (C=O) groups is 2. The first kappa shape index (κ1) is 18.7. The van der Waals surface area contributed by atoms with Crippen LogP contribution in [0.4, 0.5) is 0 Å². The second-order valence-corrected chi connectivity index (χ2v) is 5.98. The lowest BCUT2D eigenvalue weighted by atomic mass is 9.97. The Kier molecular flexibility index (Phi) is 8.93. The number of amides is 1. The molecule has 0 spiro atoms. The Morgan fingerprint density at radius 1 is 1.15 bits per heavy atom. The Balaban J connectivity index is 3.92. The van der Waals surface area contributed by atoms with E-state index in [4.69, 9.17) is 4.74 Å². The molecule has 0 bridgehead atoms. The van der Waals surface area contributed by atoms with Gasteiger partial charge in [-0.3, -0.25) is 9.59 Å². The van der Waals surface area contributed by atoms with Crippen molar-refractivity contribution in [2.75, 3.05) is 19.7 Å². The molecular weight excluding hydrogens is 254 g/mol. The summed E-state index contributed by atoms with van der Waals surface area (Å²) >= 11 is 0. The zero-order valence-electron chi connectivity index (χ0n) is 13.4. The molecule has 0 unspecified atom stereocenters. The summed E-state index contributed by atoms with van der Waals surface area (Å²) in [6, 6.07) is 0. The topological polar surface area (TPSA) is 46.6 Å². The third-order valence-corrected chi connectivity index (χ3v) is 2.94. The number of carbonyl (C=O) groups excluding carboxylic acids is 2. The lowest BCUT2D eigenvalue weighted by molar-refractivity contribution is -0.153. The van der Waals surface area contributed by atoms with Crippen molar-refractivity contribution < 1.29 is 14.3 Å². The molecule has 0 N–H and O–H groups in total. The zero-order valence-corrected chi connectivity index (χ0v) is 13.4. The van der Waals surface area contributed by atoms with E-state index in [1.54, 1.807) is 0 Å². The van der Waals surface area contributed by atoms with Crippen LogP contribution in [0.15, 0.2) is 12.7 Å². The average Bonchev–Trinajstić information content (AvgIpc) is 2.39. The number of hydrogen-bond acceptors (Lipinski definition) is 3. The normalized spacial score (nSPS) is 11.0. The van der Waals surface area contributed by atoms with E-state index in [0.717, 1.165) is 32.2 Å². The molecule has 0 saturated heterocycles. The van der Waals surface area contributed by atoms with Crippen LogP contribution in [0.5, 0.6) is 0 Å².